The number of hydrogen-bond donors (Lipinski definition) is 0. The van der Waals surface area contributed by atoms with E-state index in [4.69, 9.17) is 39.3 Å². The third kappa shape index (κ3) is 3.41. The number of benzene rings is 2. The molecule has 0 spiro atoms. The number of nitrogens with zero attached hydrogens (tertiary/aromatic N) is 9. The van der Waals surface area contributed by atoms with Gasteiger partial charge in [-0.15, -0.1) is 0 Å². The van der Waals surface area contributed by atoms with Gasteiger partial charge in [0, 0.05) is 62.7 Å². The zero-order chi connectivity index (χ0) is 29.5. The average molecular weight is 582 g/mol. The number of para-hydroxylation sites is 1. The summed E-state index contributed by atoms with van der Waals surface area (Å²) in [5, 5.41) is 5.89. The fourth-order valence-electron chi connectivity index (χ4n) is 6.27. The van der Waals surface area contributed by atoms with Crippen molar-refractivity contribution >= 4 is 66.1 Å². The predicted octanol–water partition coefficient (Wildman–Crippen LogP) is 7.21. The Labute approximate surface area is 253 Å². The second kappa shape index (κ2) is 8.98. The van der Waals surface area contributed by atoms with Gasteiger partial charge in [0.1, 0.15) is 33.8 Å². The number of aromatic nitrogens is 9. The molecule has 0 saturated heterocycles. The average Bonchev–Trinajstić information content (AvgIpc) is 3.75. The van der Waals surface area contributed by atoms with E-state index in [2.05, 4.69) is 6.07 Å². The lowest BCUT2D eigenvalue weighted by Crippen LogP contribution is -2.11. The van der Waals surface area contributed by atoms with Crippen molar-refractivity contribution in [1.82, 2.24) is 44.0 Å². The largest absolute Gasteiger partial charge is 0.456 e. The third-order valence-electron chi connectivity index (χ3n) is 8.22. The number of pyridine rings is 4. The zero-order valence-corrected chi connectivity index (χ0v) is 23.4. The van der Waals surface area contributed by atoms with Gasteiger partial charge in [0.25, 0.3) is 0 Å². The maximum Gasteiger partial charge on any atom is 0.242 e. The molecular weight excluding hydrogens is 562 g/mol. The van der Waals surface area contributed by atoms with E-state index in [9.17, 15) is 0 Å². The molecule has 0 radical (unpaired) electrons. The SMILES string of the molecule is c1ccc2c(c1)oc1cc(-c3nc(-n4c5ncccc5c5cccnc54)nc(-n4c5ncccc5c5cccnc54)n3)ccc12. The zero-order valence-electron chi connectivity index (χ0n) is 23.4. The van der Waals surface area contributed by atoms with Crippen molar-refractivity contribution in [3.63, 3.8) is 0 Å². The molecule has 8 aromatic heterocycles. The number of fused-ring (bicyclic) bond motifs is 9. The van der Waals surface area contributed by atoms with E-state index in [0.717, 1.165) is 49.0 Å². The molecule has 10 heteroatoms. The van der Waals surface area contributed by atoms with Gasteiger partial charge in [-0.1, -0.05) is 24.3 Å². The van der Waals surface area contributed by atoms with E-state index in [1.165, 1.54) is 0 Å². The summed E-state index contributed by atoms with van der Waals surface area (Å²) in [7, 11) is 0. The first-order valence-electron chi connectivity index (χ1n) is 14.4. The van der Waals surface area contributed by atoms with Crippen LogP contribution >= 0.6 is 0 Å². The fraction of sp³-hybridized carbons (Fsp3) is 0. The molecule has 0 fully saturated rings. The Hall–Kier alpha value is -6.55. The summed E-state index contributed by atoms with van der Waals surface area (Å²) in [6, 6.07) is 29.8. The molecule has 2 aromatic carbocycles. The molecule has 210 valence electrons. The molecule has 0 atom stereocenters. The lowest BCUT2D eigenvalue weighted by molar-refractivity contribution is 0.669. The van der Waals surface area contributed by atoms with Crippen LogP contribution in [0.15, 0.2) is 120 Å². The third-order valence-corrected chi connectivity index (χ3v) is 8.22. The molecule has 0 aliphatic rings. The Morgan fingerprint density at radius 1 is 0.422 bits per heavy atom. The van der Waals surface area contributed by atoms with Crippen molar-refractivity contribution in [3.05, 3.63) is 116 Å². The highest BCUT2D eigenvalue weighted by molar-refractivity contribution is 6.08. The van der Waals surface area contributed by atoms with Crippen LogP contribution in [0.2, 0.25) is 0 Å². The van der Waals surface area contributed by atoms with Crippen molar-refractivity contribution in [2.45, 2.75) is 0 Å². The highest BCUT2D eigenvalue weighted by Crippen LogP contribution is 2.34. The highest BCUT2D eigenvalue weighted by Gasteiger charge is 2.22. The van der Waals surface area contributed by atoms with Gasteiger partial charge in [0.05, 0.1) is 0 Å². The van der Waals surface area contributed by atoms with Crippen molar-refractivity contribution in [2.75, 3.05) is 0 Å². The minimum absolute atomic E-state index is 0.374. The molecule has 0 saturated carbocycles. The minimum Gasteiger partial charge on any atom is -0.456 e. The maximum atomic E-state index is 6.23. The Balaban J connectivity index is 1.31. The quantitative estimate of drug-likeness (QED) is 0.215. The molecule has 0 unspecified atom stereocenters. The second-order valence-corrected chi connectivity index (χ2v) is 10.7. The van der Waals surface area contributed by atoms with Gasteiger partial charge in [-0.2, -0.15) is 15.0 Å². The number of rotatable bonds is 3. The molecule has 0 aliphatic carbocycles. The molecule has 10 aromatic rings. The van der Waals surface area contributed by atoms with Gasteiger partial charge in [-0.05, 0) is 66.7 Å². The summed E-state index contributed by atoms with van der Waals surface area (Å²) in [5.41, 5.74) is 5.13. The smallest absolute Gasteiger partial charge is 0.242 e. The first kappa shape index (κ1) is 24.0. The lowest BCUT2D eigenvalue weighted by Gasteiger charge is -2.11. The summed E-state index contributed by atoms with van der Waals surface area (Å²) >= 11 is 0. The van der Waals surface area contributed by atoms with Gasteiger partial charge < -0.3 is 4.42 Å². The molecule has 0 bridgehead atoms. The second-order valence-electron chi connectivity index (χ2n) is 10.7. The molecule has 0 amide bonds. The fourth-order valence-corrected chi connectivity index (χ4v) is 6.27. The van der Waals surface area contributed by atoms with E-state index in [1.54, 1.807) is 24.8 Å². The monoisotopic (exact) mass is 581 g/mol. The normalized spacial score (nSPS) is 12.0. The van der Waals surface area contributed by atoms with Crippen LogP contribution in [0.5, 0.6) is 0 Å². The summed E-state index contributed by atoms with van der Waals surface area (Å²) in [4.78, 5) is 34.1. The molecule has 10 nitrogen and oxygen atoms in total. The standard InChI is InChI=1S/C35H19N9O/c1-2-12-27-21(7-1)22-14-13-20(19-28(22)45-27)29-40-34(43-30-23(8-3-15-36-30)24-9-4-16-37-31(24)43)42-35(41-29)44-32-25(10-5-17-38-32)26-11-6-18-39-33(26)44/h1-19H. The van der Waals surface area contributed by atoms with E-state index in [0.29, 0.717) is 40.3 Å². The number of hydrogen-bond acceptors (Lipinski definition) is 8. The topological polar surface area (TPSA) is 113 Å². The van der Waals surface area contributed by atoms with Crippen LogP contribution in [0.3, 0.4) is 0 Å². The number of furan rings is 1. The molecule has 8 heterocycles. The minimum atomic E-state index is 0.374. The van der Waals surface area contributed by atoms with Crippen molar-refractivity contribution in [3.8, 4) is 23.3 Å². The predicted molar refractivity (Wildman–Crippen MR) is 172 cm³/mol. The van der Waals surface area contributed by atoms with Crippen LogP contribution < -0.4 is 0 Å². The Morgan fingerprint density at radius 3 is 1.42 bits per heavy atom. The first-order chi connectivity index (χ1) is 22.3. The van der Waals surface area contributed by atoms with Crippen LogP contribution in [-0.4, -0.2) is 44.0 Å². The summed E-state index contributed by atoms with van der Waals surface area (Å²) in [6.45, 7) is 0. The molecule has 10 rings (SSSR count). The van der Waals surface area contributed by atoms with Crippen LogP contribution in [0.1, 0.15) is 0 Å². The van der Waals surface area contributed by atoms with E-state index < -0.39 is 0 Å². The molecule has 0 N–H and O–H groups in total. The van der Waals surface area contributed by atoms with Crippen LogP contribution in [0.25, 0.3) is 89.4 Å². The van der Waals surface area contributed by atoms with Gasteiger partial charge in [0.15, 0.2) is 5.82 Å². The van der Waals surface area contributed by atoms with Gasteiger partial charge in [-0.3, -0.25) is 0 Å². The summed E-state index contributed by atoms with van der Waals surface area (Å²) in [6.07, 6.45) is 7.04. The van der Waals surface area contributed by atoms with Crippen molar-refractivity contribution in [2.24, 2.45) is 0 Å². The van der Waals surface area contributed by atoms with E-state index in [1.807, 2.05) is 94.1 Å². The first-order valence-corrected chi connectivity index (χ1v) is 14.4. The Kier molecular flexibility index (Phi) is 4.78. The van der Waals surface area contributed by atoms with Crippen LogP contribution in [0.4, 0.5) is 0 Å². The van der Waals surface area contributed by atoms with Gasteiger partial charge >= 0.3 is 0 Å². The Bertz CT molecular complexity index is 2550. The van der Waals surface area contributed by atoms with Crippen LogP contribution in [-0.2, 0) is 0 Å². The molecule has 45 heavy (non-hydrogen) atoms. The maximum absolute atomic E-state index is 6.23. The summed E-state index contributed by atoms with van der Waals surface area (Å²) in [5.74, 6) is 1.21. The van der Waals surface area contributed by atoms with Gasteiger partial charge in [0.2, 0.25) is 11.9 Å². The van der Waals surface area contributed by atoms with Gasteiger partial charge in [-0.25, -0.2) is 29.1 Å². The van der Waals surface area contributed by atoms with Crippen molar-refractivity contribution < 1.29 is 4.42 Å². The molecule has 0 aliphatic heterocycles. The Morgan fingerprint density at radius 2 is 0.889 bits per heavy atom. The van der Waals surface area contributed by atoms with Crippen LogP contribution in [0, 0.1) is 0 Å². The van der Waals surface area contributed by atoms with Crippen molar-refractivity contribution in [1.29, 1.82) is 0 Å². The summed E-state index contributed by atoms with van der Waals surface area (Å²) < 4.78 is 9.99. The highest BCUT2D eigenvalue weighted by atomic mass is 16.3. The van der Waals surface area contributed by atoms with E-state index in [-0.39, 0.29) is 0 Å². The van der Waals surface area contributed by atoms with E-state index >= 15 is 0 Å². The molecular formula is C35H19N9O. The lowest BCUT2D eigenvalue weighted by atomic mass is 10.1.